The van der Waals surface area contributed by atoms with Crippen molar-refractivity contribution < 1.29 is 15.0 Å². The number of aliphatic hydroxyl groups is 2. The fraction of sp³-hybridized carbons (Fsp3) is 0.857. The smallest absolute Gasteiger partial charge is 0.222 e. The molecule has 148 valence electrons. The van der Waals surface area contributed by atoms with Gasteiger partial charge in [0, 0.05) is 6.42 Å². The molecule has 0 bridgehead atoms. The van der Waals surface area contributed by atoms with Gasteiger partial charge in [-0.05, 0) is 39.0 Å². The van der Waals surface area contributed by atoms with Crippen molar-refractivity contribution in [3.63, 3.8) is 0 Å². The molecule has 0 rings (SSSR count). The van der Waals surface area contributed by atoms with Crippen molar-refractivity contribution in [3.8, 4) is 0 Å². The number of hydrogen-bond acceptors (Lipinski definition) is 3. The van der Waals surface area contributed by atoms with E-state index in [4.69, 9.17) is 5.11 Å². The van der Waals surface area contributed by atoms with Crippen molar-refractivity contribution >= 4 is 5.91 Å². The Hall–Kier alpha value is -0.870. The molecule has 4 heteroatoms. The number of rotatable bonds is 17. The second-order valence-electron chi connectivity index (χ2n) is 7.09. The van der Waals surface area contributed by atoms with Gasteiger partial charge in [-0.15, -0.1) is 0 Å². The molecule has 0 aromatic rings. The molecule has 2 unspecified atom stereocenters. The van der Waals surface area contributed by atoms with Crippen LogP contribution < -0.4 is 5.32 Å². The van der Waals surface area contributed by atoms with E-state index in [1.807, 2.05) is 0 Å². The first-order valence-corrected chi connectivity index (χ1v) is 10.4. The van der Waals surface area contributed by atoms with Crippen LogP contribution in [0, 0.1) is 0 Å². The molecule has 25 heavy (non-hydrogen) atoms. The number of hydrogen-bond donors (Lipinski definition) is 3. The van der Waals surface area contributed by atoms with Gasteiger partial charge in [-0.25, -0.2) is 0 Å². The Morgan fingerprint density at radius 2 is 1.32 bits per heavy atom. The van der Waals surface area contributed by atoms with E-state index in [0.717, 1.165) is 25.7 Å². The largest absolute Gasteiger partial charge is 0.389 e. The zero-order chi connectivity index (χ0) is 18.8. The van der Waals surface area contributed by atoms with Gasteiger partial charge in [0.15, 0.2) is 6.23 Å². The van der Waals surface area contributed by atoms with Crippen LogP contribution in [0.5, 0.6) is 0 Å². The van der Waals surface area contributed by atoms with Crippen LogP contribution >= 0.6 is 0 Å². The van der Waals surface area contributed by atoms with E-state index in [0.29, 0.717) is 6.42 Å². The van der Waals surface area contributed by atoms with Crippen molar-refractivity contribution in [1.82, 2.24) is 5.32 Å². The summed E-state index contributed by atoms with van der Waals surface area (Å²) in [4.78, 5) is 11.5. The Balaban J connectivity index is 3.28. The van der Waals surface area contributed by atoms with Crippen molar-refractivity contribution in [2.75, 3.05) is 0 Å². The maximum atomic E-state index is 11.5. The van der Waals surface area contributed by atoms with Gasteiger partial charge < -0.3 is 15.5 Å². The van der Waals surface area contributed by atoms with Crippen LogP contribution in [0.25, 0.3) is 0 Å². The van der Waals surface area contributed by atoms with E-state index < -0.39 is 12.3 Å². The van der Waals surface area contributed by atoms with Crippen LogP contribution in [0.3, 0.4) is 0 Å². The normalized spacial score (nSPS) is 13.9. The molecule has 0 spiro atoms. The molecule has 0 aliphatic heterocycles. The van der Waals surface area contributed by atoms with Gasteiger partial charge in [0.25, 0.3) is 0 Å². The molecular weight excluding hydrogens is 314 g/mol. The summed E-state index contributed by atoms with van der Waals surface area (Å²) >= 11 is 0. The summed E-state index contributed by atoms with van der Waals surface area (Å²) < 4.78 is 0. The van der Waals surface area contributed by atoms with Crippen molar-refractivity contribution in [3.05, 3.63) is 12.2 Å². The molecule has 0 aromatic heterocycles. The van der Waals surface area contributed by atoms with Gasteiger partial charge in [0.1, 0.15) is 0 Å². The van der Waals surface area contributed by atoms with Gasteiger partial charge in [0.2, 0.25) is 5.91 Å². The van der Waals surface area contributed by atoms with Gasteiger partial charge in [0.05, 0.1) is 6.10 Å². The van der Waals surface area contributed by atoms with E-state index in [2.05, 4.69) is 24.4 Å². The molecule has 0 heterocycles. The Morgan fingerprint density at radius 1 is 0.840 bits per heavy atom. The number of carbonyl (C=O) groups excluding carboxylic acids is 1. The zero-order valence-corrected chi connectivity index (χ0v) is 16.5. The van der Waals surface area contributed by atoms with Crippen LogP contribution in [0.4, 0.5) is 0 Å². The fourth-order valence-electron chi connectivity index (χ4n) is 2.71. The SMILES string of the molecule is CCCCCCCC/C=C\CCCCCCCC(=O)NC(O)C(C)O. The Kier molecular flexibility index (Phi) is 17.3. The molecule has 0 fully saturated rings. The van der Waals surface area contributed by atoms with Crippen LogP contribution in [0.1, 0.15) is 104 Å². The average molecular weight is 356 g/mol. The maximum absolute atomic E-state index is 11.5. The maximum Gasteiger partial charge on any atom is 0.222 e. The number of unbranched alkanes of at least 4 members (excludes halogenated alkanes) is 11. The van der Waals surface area contributed by atoms with E-state index in [1.165, 1.54) is 64.7 Å². The Bertz CT molecular complexity index is 329. The molecule has 0 saturated carbocycles. The topological polar surface area (TPSA) is 69.6 Å². The highest BCUT2D eigenvalue weighted by Crippen LogP contribution is 2.10. The van der Waals surface area contributed by atoms with E-state index in [1.54, 1.807) is 0 Å². The van der Waals surface area contributed by atoms with Gasteiger partial charge in [-0.2, -0.15) is 0 Å². The Labute approximate surface area is 155 Å². The highest BCUT2D eigenvalue weighted by Gasteiger charge is 2.12. The highest BCUT2D eigenvalue weighted by molar-refractivity contribution is 5.76. The molecule has 0 saturated heterocycles. The summed E-state index contributed by atoms with van der Waals surface area (Å²) in [6, 6.07) is 0. The third kappa shape index (κ3) is 17.7. The molecule has 1 amide bonds. The number of amides is 1. The monoisotopic (exact) mass is 355 g/mol. The summed E-state index contributed by atoms with van der Waals surface area (Å²) in [7, 11) is 0. The lowest BCUT2D eigenvalue weighted by atomic mass is 10.1. The van der Waals surface area contributed by atoms with Gasteiger partial charge in [-0.3, -0.25) is 4.79 Å². The van der Waals surface area contributed by atoms with E-state index >= 15 is 0 Å². The second-order valence-corrected chi connectivity index (χ2v) is 7.09. The predicted molar refractivity (Wildman–Crippen MR) is 105 cm³/mol. The molecule has 0 aromatic carbocycles. The molecule has 3 N–H and O–H groups in total. The first-order chi connectivity index (χ1) is 12.1. The summed E-state index contributed by atoms with van der Waals surface area (Å²) in [5, 5.41) is 20.8. The minimum atomic E-state index is -1.16. The van der Waals surface area contributed by atoms with Gasteiger partial charge >= 0.3 is 0 Å². The third-order valence-corrected chi connectivity index (χ3v) is 4.43. The summed E-state index contributed by atoms with van der Waals surface area (Å²) in [5.41, 5.74) is 0. The first kappa shape index (κ1) is 24.1. The van der Waals surface area contributed by atoms with Crippen molar-refractivity contribution in [1.29, 1.82) is 0 Å². The summed E-state index contributed by atoms with van der Waals surface area (Å²) in [6.45, 7) is 3.71. The van der Waals surface area contributed by atoms with Crippen molar-refractivity contribution in [2.45, 2.75) is 116 Å². The van der Waals surface area contributed by atoms with Crippen LogP contribution in [-0.2, 0) is 4.79 Å². The van der Waals surface area contributed by atoms with Crippen LogP contribution in [0.2, 0.25) is 0 Å². The lowest BCUT2D eigenvalue weighted by molar-refractivity contribution is -0.126. The minimum Gasteiger partial charge on any atom is -0.389 e. The van der Waals surface area contributed by atoms with Crippen LogP contribution in [-0.4, -0.2) is 28.5 Å². The lowest BCUT2D eigenvalue weighted by Crippen LogP contribution is -2.41. The number of carbonyl (C=O) groups is 1. The summed E-state index contributed by atoms with van der Waals surface area (Å²) in [5.74, 6) is -0.189. The first-order valence-electron chi connectivity index (χ1n) is 10.4. The molecule has 0 aliphatic carbocycles. The molecular formula is C21H41NO3. The minimum absolute atomic E-state index is 0.189. The zero-order valence-electron chi connectivity index (χ0n) is 16.5. The Morgan fingerprint density at radius 3 is 1.84 bits per heavy atom. The third-order valence-electron chi connectivity index (χ3n) is 4.43. The van der Waals surface area contributed by atoms with Crippen LogP contribution in [0.15, 0.2) is 12.2 Å². The van der Waals surface area contributed by atoms with Crippen molar-refractivity contribution in [2.24, 2.45) is 0 Å². The number of nitrogens with one attached hydrogen (secondary N) is 1. The average Bonchev–Trinajstić information content (AvgIpc) is 2.58. The van der Waals surface area contributed by atoms with E-state index in [9.17, 15) is 9.90 Å². The number of allylic oxidation sites excluding steroid dienone is 2. The predicted octanol–water partition coefficient (Wildman–Crippen LogP) is 4.84. The fourth-order valence-corrected chi connectivity index (χ4v) is 2.71. The van der Waals surface area contributed by atoms with Gasteiger partial charge in [-0.1, -0.05) is 70.4 Å². The number of aliphatic hydroxyl groups excluding tert-OH is 2. The quantitative estimate of drug-likeness (QED) is 0.199. The van der Waals surface area contributed by atoms with E-state index in [-0.39, 0.29) is 5.91 Å². The lowest BCUT2D eigenvalue weighted by Gasteiger charge is -2.15. The molecule has 0 radical (unpaired) electrons. The standard InChI is InChI=1S/C21H41NO3/c1-3-4-5-6-7-8-9-10-11-12-13-14-15-16-17-18-20(24)22-21(25)19(2)23/h10-11,19,21,23,25H,3-9,12-18H2,1-2H3,(H,22,24)/b11-10-. The molecule has 2 atom stereocenters. The molecule has 4 nitrogen and oxygen atoms in total. The molecule has 0 aliphatic rings. The highest BCUT2D eigenvalue weighted by atomic mass is 16.3. The second kappa shape index (κ2) is 17.9. The summed E-state index contributed by atoms with van der Waals surface area (Å²) in [6.07, 6.45) is 19.0.